The second-order valence-electron chi connectivity index (χ2n) is 7.43. The van der Waals surface area contributed by atoms with Gasteiger partial charge < -0.3 is 15.5 Å². The number of hydrogen-bond donors (Lipinski definition) is 2. The third kappa shape index (κ3) is 5.35. The van der Waals surface area contributed by atoms with Gasteiger partial charge >= 0.3 is 0 Å². The van der Waals surface area contributed by atoms with Gasteiger partial charge in [0.05, 0.1) is 6.54 Å². The molecule has 0 aliphatic carbocycles. The summed E-state index contributed by atoms with van der Waals surface area (Å²) in [7, 11) is 0. The summed E-state index contributed by atoms with van der Waals surface area (Å²) in [6.07, 6.45) is 0. The molecule has 150 valence electrons. The summed E-state index contributed by atoms with van der Waals surface area (Å²) in [6.45, 7) is 13.2. The quantitative estimate of drug-likeness (QED) is 0.755. The van der Waals surface area contributed by atoms with Gasteiger partial charge in [0.1, 0.15) is 0 Å². The molecule has 0 aliphatic heterocycles. The van der Waals surface area contributed by atoms with Crippen molar-refractivity contribution in [2.24, 2.45) is 0 Å². The van der Waals surface area contributed by atoms with Crippen LogP contribution in [0.4, 0.5) is 11.4 Å². The molecule has 0 fully saturated rings. The van der Waals surface area contributed by atoms with Gasteiger partial charge in [0.15, 0.2) is 0 Å². The highest BCUT2D eigenvalue weighted by molar-refractivity contribution is 6.00. The topological polar surface area (TPSA) is 61.4 Å². The SMILES string of the molecule is CCN(c1ccc(C(=O)NCC(=O)Nc2c(C)cc(C)cc2C)cc1)C(C)C. The first-order valence-corrected chi connectivity index (χ1v) is 9.75. The van der Waals surface area contributed by atoms with E-state index < -0.39 is 0 Å². The van der Waals surface area contributed by atoms with Gasteiger partial charge in [-0.25, -0.2) is 0 Å². The smallest absolute Gasteiger partial charge is 0.251 e. The van der Waals surface area contributed by atoms with Crippen LogP contribution in [-0.4, -0.2) is 30.9 Å². The van der Waals surface area contributed by atoms with Crippen LogP contribution >= 0.6 is 0 Å². The van der Waals surface area contributed by atoms with Crippen LogP contribution in [0.25, 0.3) is 0 Å². The fourth-order valence-electron chi connectivity index (χ4n) is 3.47. The second-order valence-corrected chi connectivity index (χ2v) is 7.43. The largest absolute Gasteiger partial charge is 0.369 e. The average molecular weight is 382 g/mol. The Bertz CT molecular complexity index is 818. The van der Waals surface area contributed by atoms with Crippen molar-refractivity contribution in [3.63, 3.8) is 0 Å². The Balaban J connectivity index is 1.96. The molecular formula is C23H31N3O2. The Morgan fingerprint density at radius 2 is 1.57 bits per heavy atom. The number of hydrogen-bond acceptors (Lipinski definition) is 3. The Kier molecular flexibility index (Phi) is 7.21. The monoisotopic (exact) mass is 381 g/mol. The van der Waals surface area contributed by atoms with Crippen molar-refractivity contribution < 1.29 is 9.59 Å². The number of benzene rings is 2. The molecular weight excluding hydrogens is 350 g/mol. The van der Waals surface area contributed by atoms with Crippen LogP contribution in [0.2, 0.25) is 0 Å². The zero-order valence-corrected chi connectivity index (χ0v) is 17.7. The summed E-state index contributed by atoms with van der Waals surface area (Å²) in [5, 5.41) is 5.59. The maximum atomic E-state index is 12.4. The second kappa shape index (κ2) is 9.40. The highest BCUT2D eigenvalue weighted by Gasteiger charge is 2.12. The number of aryl methyl sites for hydroxylation is 3. The number of nitrogens with zero attached hydrogens (tertiary/aromatic N) is 1. The number of carbonyl (C=O) groups is 2. The molecule has 2 aromatic rings. The molecule has 0 atom stereocenters. The molecule has 2 amide bonds. The van der Waals surface area contributed by atoms with Crippen molar-refractivity contribution in [2.75, 3.05) is 23.3 Å². The van der Waals surface area contributed by atoms with E-state index in [2.05, 4.69) is 36.3 Å². The molecule has 2 N–H and O–H groups in total. The first kappa shape index (κ1) is 21.5. The van der Waals surface area contributed by atoms with Gasteiger partial charge in [-0.1, -0.05) is 17.7 Å². The Hall–Kier alpha value is -2.82. The first-order valence-electron chi connectivity index (χ1n) is 9.75. The standard InChI is InChI=1S/C23H31N3O2/c1-7-26(15(2)3)20-10-8-19(9-11-20)23(28)24-14-21(27)25-22-17(5)12-16(4)13-18(22)6/h8-13,15H,7,14H2,1-6H3,(H,24,28)(H,25,27). The van der Waals surface area contributed by atoms with E-state index in [1.807, 2.05) is 45.0 Å². The minimum absolute atomic E-state index is 0.0690. The van der Waals surface area contributed by atoms with Crippen LogP contribution in [0.5, 0.6) is 0 Å². The minimum atomic E-state index is -0.258. The van der Waals surface area contributed by atoms with E-state index >= 15 is 0 Å². The summed E-state index contributed by atoms with van der Waals surface area (Å²) in [5.41, 5.74) is 5.61. The molecule has 0 bridgehead atoms. The zero-order valence-electron chi connectivity index (χ0n) is 17.7. The highest BCUT2D eigenvalue weighted by atomic mass is 16.2. The zero-order chi connectivity index (χ0) is 20.8. The van der Waals surface area contributed by atoms with E-state index in [1.54, 1.807) is 12.1 Å². The third-order valence-electron chi connectivity index (χ3n) is 4.78. The van der Waals surface area contributed by atoms with Crippen molar-refractivity contribution >= 4 is 23.2 Å². The van der Waals surface area contributed by atoms with Crippen molar-refractivity contribution in [3.05, 3.63) is 58.7 Å². The molecule has 2 rings (SSSR count). The van der Waals surface area contributed by atoms with Gasteiger partial charge in [0.2, 0.25) is 5.91 Å². The predicted octanol–water partition coefficient (Wildman–Crippen LogP) is 4.22. The van der Waals surface area contributed by atoms with Gasteiger partial charge in [0.25, 0.3) is 5.91 Å². The Morgan fingerprint density at radius 3 is 2.07 bits per heavy atom. The summed E-state index contributed by atoms with van der Waals surface area (Å²) in [4.78, 5) is 26.9. The van der Waals surface area contributed by atoms with E-state index in [-0.39, 0.29) is 18.4 Å². The molecule has 2 aromatic carbocycles. The van der Waals surface area contributed by atoms with Gasteiger partial charge in [0, 0.05) is 29.5 Å². The predicted molar refractivity (Wildman–Crippen MR) is 116 cm³/mol. The molecule has 0 radical (unpaired) electrons. The van der Waals surface area contributed by atoms with Crippen molar-refractivity contribution in [1.29, 1.82) is 0 Å². The third-order valence-corrected chi connectivity index (χ3v) is 4.78. The van der Waals surface area contributed by atoms with Crippen LogP contribution in [-0.2, 0) is 4.79 Å². The van der Waals surface area contributed by atoms with Crippen LogP contribution in [0, 0.1) is 20.8 Å². The molecule has 0 heterocycles. The minimum Gasteiger partial charge on any atom is -0.369 e. The van der Waals surface area contributed by atoms with Gasteiger partial charge in [-0.2, -0.15) is 0 Å². The average Bonchev–Trinajstić information content (AvgIpc) is 2.63. The van der Waals surface area contributed by atoms with Crippen LogP contribution in [0.1, 0.15) is 47.8 Å². The molecule has 0 aliphatic rings. The van der Waals surface area contributed by atoms with Gasteiger partial charge in [-0.15, -0.1) is 0 Å². The van der Waals surface area contributed by atoms with E-state index in [0.29, 0.717) is 11.6 Å². The molecule has 5 heteroatoms. The lowest BCUT2D eigenvalue weighted by molar-refractivity contribution is -0.115. The number of nitrogens with one attached hydrogen (secondary N) is 2. The van der Waals surface area contributed by atoms with Crippen LogP contribution in [0.15, 0.2) is 36.4 Å². The molecule has 0 unspecified atom stereocenters. The number of anilines is 2. The number of rotatable bonds is 7. The van der Waals surface area contributed by atoms with Gasteiger partial charge in [-0.3, -0.25) is 9.59 Å². The first-order chi connectivity index (χ1) is 13.2. The lowest BCUT2D eigenvalue weighted by Gasteiger charge is -2.27. The summed E-state index contributed by atoms with van der Waals surface area (Å²) in [6, 6.07) is 11.9. The maximum absolute atomic E-state index is 12.4. The van der Waals surface area contributed by atoms with Crippen LogP contribution < -0.4 is 15.5 Å². The number of carbonyl (C=O) groups excluding carboxylic acids is 2. The molecule has 0 aromatic heterocycles. The molecule has 0 saturated carbocycles. The fourth-order valence-corrected chi connectivity index (χ4v) is 3.47. The molecule has 28 heavy (non-hydrogen) atoms. The van der Waals surface area contributed by atoms with E-state index in [9.17, 15) is 9.59 Å². The van der Waals surface area contributed by atoms with Crippen molar-refractivity contribution in [3.8, 4) is 0 Å². The highest BCUT2D eigenvalue weighted by Crippen LogP contribution is 2.21. The van der Waals surface area contributed by atoms with E-state index in [4.69, 9.17) is 0 Å². The summed E-state index contributed by atoms with van der Waals surface area (Å²) < 4.78 is 0. The summed E-state index contributed by atoms with van der Waals surface area (Å²) in [5.74, 6) is -0.497. The van der Waals surface area contributed by atoms with Crippen LogP contribution in [0.3, 0.4) is 0 Å². The van der Waals surface area contributed by atoms with E-state index in [1.165, 1.54) is 0 Å². The molecule has 0 saturated heterocycles. The van der Waals surface area contributed by atoms with Gasteiger partial charge in [-0.05, 0) is 76.9 Å². The van der Waals surface area contributed by atoms with Crippen molar-refractivity contribution in [2.45, 2.75) is 47.6 Å². The lowest BCUT2D eigenvalue weighted by Crippen LogP contribution is -2.33. The fraction of sp³-hybridized carbons (Fsp3) is 0.391. The lowest BCUT2D eigenvalue weighted by atomic mass is 10.1. The number of amides is 2. The Morgan fingerprint density at radius 1 is 1.00 bits per heavy atom. The Labute approximate surface area is 168 Å². The molecule has 5 nitrogen and oxygen atoms in total. The molecule has 0 spiro atoms. The maximum Gasteiger partial charge on any atom is 0.251 e. The van der Waals surface area contributed by atoms with E-state index in [0.717, 1.165) is 34.6 Å². The summed E-state index contributed by atoms with van der Waals surface area (Å²) >= 11 is 0. The normalized spacial score (nSPS) is 10.7. The van der Waals surface area contributed by atoms with Crippen molar-refractivity contribution in [1.82, 2.24) is 5.32 Å².